The topological polar surface area (TPSA) is 186 Å². The van der Waals surface area contributed by atoms with Crippen LogP contribution < -0.4 is 0 Å². The summed E-state index contributed by atoms with van der Waals surface area (Å²) in [6, 6.07) is 0. The van der Waals surface area contributed by atoms with Crippen LogP contribution in [-0.4, -0.2) is 116 Å². The molecule has 10 atom stereocenters. The lowest BCUT2D eigenvalue weighted by molar-refractivity contribution is -0.341. The van der Waals surface area contributed by atoms with Crippen LogP contribution in [0, 0.1) is 0 Å². The largest absolute Gasteiger partial charge is 0.394 e. The maximum absolute atomic E-state index is 11.2. The summed E-state index contributed by atoms with van der Waals surface area (Å²) in [5, 5.41) is 68.6. The molecule has 2 fully saturated rings. The third kappa shape index (κ3) is 4.39. The molecule has 2 heterocycles. The Labute approximate surface area is 149 Å². The Morgan fingerprint density at radius 1 is 0.808 bits per heavy atom. The van der Waals surface area contributed by atoms with E-state index in [1.807, 2.05) is 0 Å². The van der Waals surface area contributed by atoms with Crippen molar-refractivity contribution in [3.05, 3.63) is 0 Å². The zero-order chi connectivity index (χ0) is 19.6. The van der Waals surface area contributed by atoms with Crippen molar-refractivity contribution in [1.29, 1.82) is 0 Å². The molecule has 0 radical (unpaired) electrons. The quantitative estimate of drug-likeness (QED) is 0.235. The van der Waals surface area contributed by atoms with E-state index in [0.717, 1.165) is 0 Å². The number of Topliss-reactive ketones (excluding diaryl/α,β-unsaturated/α-hetero) is 1. The second kappa shape index (κ2) is 8.97. The van der Waals surface area contributed by atoms with Gasteiger partial charge >= 0.3 is 0 Å². The maximum atomic E-state index is 11.2. The number of aliphatic hydroxyl groups excluding tert-OH is 7. The fourth-order valence-corrected chi connectivity index (χ4v) is 3.12. The minimum absolute atomic E-state index is 0.179. The van der Waals surface area contributed by atoms with Crippen LogP contribution >= 0.6 is 0 Å². The zero-order valence-corrected chi connectivity index (χ0v) is 14.2. The van der Waals surface area contributed by atoms with Crippen molar-refractivity contribution < 1.29 is 54.8 Å². The lowest BCUT2D eigenvalue weighted by Crippen LogP contribution is -2.64. The van der Waals surface area contributed by atoms with E-state index in [2.05, 4.69) is 0 Å². The summed E-state index contributed by atoms with van der Waals surface area (Å²) in [6.45, 7) is -0.00546. The number of ether oxygens (including phenoxy) is 3. The Balaban J connectivity index is 2.12. The summed E-state index contributed by atoms with van der Waals surface area (Å²) in [4.78, 5) is 11.2. The van der Waals surface area contributed by atoms with Crippen molar-refractivity contribution in [2.45, 2.75) is 74.6 Å². The van der Waals surface area contributed by atoms with Gasteiger partial charge in [-0.1, -0.05) is 0 Å². The number of hydrogen-bond acceptors (Lipinski definition) is 11. The van der Waals surface area contributed by atoms with E-state index < -0.39 is 74.4 Å². The molecule has 0 saturated carbocycles. The van der Waals surface area contributed by atoms with Crippen LogP contribution in [-0.2, 0) is 19.0 Å². The highest BCUT2D eigenvalue weighted by molar-refractivity contribution is 5.76. The number of aliphatic hydroxyl groups is 7. The van der Waals surface area contributed by atoms with Crippen molar-refractivity contribution >= 4 is 5.78 Å². The van der Waals surface area contributed by atoms with Gasteiger partial charge in [0.05, 0.1) is 19.3 Å². The minimum Gasteiger partial charge on any atom is -0.394 e. The third-order valence-corrected chi connectivity index (χ3v) is 4.59. The van der Waals surface area contributed by atoms with Crippen molar-refractivity contribution in [2.75, 3.05) is 13.2 Å². The molecule has 0 spiro atoms. The highest BCUT2D eigenvalue weighted by Crippen LogP contribution is 2.30. The SMILES string of the molecule is CC(=O)C[C@@H]1O[C@H](CO)[C@@H](OC2O[C@H](CO)[C@H](O)[C@H](O)[C@H]2O)[C@H](O)[C@H]1O. The molecule has 0 bridgehead atoms. The van der Waals surface area contributed by atoms with Crippen LogP contribution in [0.4, 0.5) is 0 Å². The first kappa shape index (κ1) is 21.6. The summed E-state index contributed by atoms with van der Waals surface area (Å²) in [5.74, 6) is -0.286. The van der Waals surface area contributed by atoms with E-state index >= 15 is 0 Å². The van der Waals surface area contributed by atoms with E-state index in [4.69, 9.17) is 14.2 Å². The summed E-state index contributed by atoms with van der Waals surface area (Å²) >= 11 is 0. The average molecular weight is 382 g/mol. The smallest absolute Gasteiger partial charge is 0.187 e. The molecule has 0 aromatic heterocycles. The van der Waals surface area contributed by atoms with Crippen LogP contribution in [0.2, 0.25) is 0 Å². The molecule has 2 aliphatic rings. The fraction of sp³-hybridized carbons (Fsp3) is 0.933. The van der Waals surface area contributed by atoms with E-state index in [0.29, 0.717) is 0 Å². The van der Waals surface area contributed by atoms with Gasteiger partial charge in [-0.25, -0.2) is 0 Å². The fourth-order valence-electron chi connectivity index (χ4n) is 3.12. The Morgan fingerprint density at radius 2 is 1.38 bits per heavy atom. The summed E-state index contributed by atoms with van der Waals surface area (Å²) in [7, 11) is 0. The number of rotatable bonds is 6. The summed E-state index contributed by atoms with van der Waals surface area (Å²) < 4.78 is 16.0. The predicted molar refractivity (Wildman–Crippen MR) is 81.7 cm³/mol. The molecular weight excluding hydrogens is 356 g/mol. The van der Waals surface area contributed by atoms with Crippen LogP contribution in [0.3, 0.4) is 0 Å². The Morgan fingerprint density at radius 3 is 1.92 bits per heavy atom. The van der Waals surface area contributed by atoms with Crippen molar-refractivity contribution in [3.63, 3.8) is 0 Å². The Kier molecular flexibility index (Phi) is 7.44. The molecule has 0 aromatic rings. The van der Waals surface area contributed by atoms with Crippen molar-refractivity contribution in [1.82, 2.24) is 0 Å². The molecule has 26 heavy (non-hydrogen) atoms. The second-order valence-electron chi connectivity index (χ2n) is 6.58. The van der Waals surface area contributed by atoms with Crippen LogP contribution in [0.25, 0.3) is 0 Å². The molecule has 2 aliphatic heterocycles. The van der Waals surface area contributed by atoms with Gasteiger partial charge in [0, 0.05) is 6.42 Å². The number of carbonyl (C=O) groups excluding carboxylic acids is 1. The van der Waals surface area contributed by atoms with Gasteiger partial charge in [0.2, 0.25) is 0 Å². The third-order valence-electron chi connectivity index (χ3n) is 4.59. The first-order valence-electron chi connectivity index (χ1n) is 8.29. The van der Waals surface area contributed by atoms with E-state index in [1.54, 1.807) is 0 Å². The van der Waals surface area contributed by atoms with E-state index in [-0.39, 0.29) is 12.2 Å². The first-order valence-corrected chi connectivity index (χ1v) is 8.29. The molecule has 2 saturated heterocycles. The molecular formula is C15H26O11. The summed E-state index contributed by atoms with van der Waals surface area (Å²) in [6.07, 6.45) is -14.6. The van der Waals surface area contributed by atoms with Gasteiger partial charge in [0.1, 0.15) is 54.6 Å². The number of ketones is 1. The lowest BCUT2D eigenvalue weighted by Gasteiger charge is -2.46. The van der Waals surface area contributed by atoms with Gasteiger partial charge in [0.15, 0.2) is 6.29 Å². The number of hydrogen-bond donors (Lipinski definition) is 7. The summed E-state index contributed by atoms with van der Waals surface area (Å²) in [5.41, 5.74) is 0. The second-order valence-corrected chi connectivity index (χ2v) is 6.58. The van der Waals surface area contributed by atoms with E-state index in [9.17, 15) is 40.5 Å². The predicted octanol–water partition coefficient (Wildman–Crippen LogP) is -4.37. The first-order chi connectivity index (χ1) is 12.2. The molecule has 0 aliphatic carbocycles. The van der Waals surface area contributed by atoms with Gasteiger partial charge in [-0.15, -0.1) is 0 Å². The van der Waals surface area contributed by atoms with Crippen LogP contribution in [0.1, 0.15) is 13.3 Å². The molecule has 152 valence electrons. The normalized spacial score (nSPS) is 46.9. The van der Waals surface area contributed by atoms with Crippen LogP contribution in [0.15, 0.2) is 0 Å². The van der Waals surface area contributed by atoms with Gasteiger partial charge < -0.3 is 50.0 Å². The monoisotopic (exact) mass is 382 g/mol. The lowest BCUT2D eigenvalue weighted by atomic mass is 9.92. The molecule has 7 N–H and O–H groups in total. The maximum Gasteiger partial charge on any atom is 0.187 e. The van der Waals surface area contributed by atoms with E-state index in [1.165, 1.54) is 6.92 Å². The van der Waals surface area contributed by atoms with Crippen molar-refractivity contribution in [2.24, 2.45) is 0 Å². The zero-order valence-electron chi connectivity index (χ0n) is 14.2. The Bertz CT molecular complexity index is 471. The molecule has 1 unspecified atom stereocenters. The standard InChI is InChI=1S/C15H26O11/c1-5(18)2-6-9(19)12(22)14(8(4-17)24-6)26-15-13(23)11(21)10(20)7(3-16)25-15/h6-17,19-23H,2-4H2,1H3/t6-,7+,8+,9-,10-,11-,12+,13+,14+,15?/m0/s1. The average Bonchev–Trinajstić information content (AvgIpc) is 2.60. The van der Waals surface area contributed by atoms with Crippen molar-refractivity contribution in [3.8, 4) is 0 Å². The molecule has 0 amide bonds. The molecule has 2 rings (SSSR count). The Hall–Kier alpha value is -0.730. The molecule has 11 nitrogen and oxygen atoms in total. The van der Waals surface area contributed by atoms with Crippen LogP contribution in [0.5, 0.6) is 0 Å². The molecule has 0 aromatic carbocycles. The highest BCUT2D eigenvalue weighted by atomic mass is 16.7. The highest BCUT2D eigenvalue weighted by Gasteiger charge is 2.50. The molecule has 11 heteroatoms. The minimum atomic E-state index is -1.72. The van der Waals surface area contributed by atoms with Gasteiger partial charge in [0.25, 0.3) is 0 Å². The number of carbonyl (C=O) groups is 1. The van der Waals surface area contributed by atoms with Gasteiger partial charge in [-0.3, -0.25) is 4.79 Å². The van der Waals surface area contributed by atoms with Gasteiger partial charge in [-0.2, -0.15) is 0 Å². The van der Waals surface area contributed by atoms with Gasteiger partial charge in [-0.05, 0) is 6.92 Å².